The third-order valence-electron chi connectivity index (χ3n) is 5.52. The van der Waals surface area contributed by atoms with Crippen LogP contribution >= 0.6 is 0 Å². The summed E-state index contributed by atoms with van der Waals surface area (Å²) in [6.07, 6.45) is 2.37. The molecule has 3 aromatic rings. The maximum Gasteiger partial charge on any atom is 0.417 e. The summed E-state index contributed by atoms with van der Waals surface area (Å²) >= 11 is 0. The van der Waals surface area contributed by atoms with Crippen molar-refractivity contribution in [3.05, 3.63) is 77.7 Å². The minimum atomic E-state index is -4.43. The largest absolute Gasteiger partial charge is 0.490 e. The number of aryl methyl sites for hydroxylation is 1. The average molecular weight is 501 g/mol. The first-order chi connectivity index (χ1) is 17.2. The molecule has 0 aliphatic carbocycles. The summed E-state index contributed by atoms with van der Waals surface area (Å²) in [5.41, 5.74) is 2.89. The fraction of sp³-hybridized carbons (Fsp3) is 0.308. The molecule has 2 N–H and O–H groups in total. The number of pyridine rings is 1. The second-order valence-corrected chi connectivity index (χ2v) is 8.30. The number of nitrogens with one attached hydrogen (secondary N) is 2. The van der Waals surface area contributed by atoms with E-state index < -0.39 is 11.7 Å². The molecule has 1 atom stereocenters. The van der Waals surface area contributed by atoms with E-state index in [1.165, 1.54) is 6.07 Å². The van der Waals surface area contributed by atoms with Crippen molar-refractivity contribution >= 4 is 5.57 Å². The van der Waals surface area contributed by atoms with Gasteiger partial charge in [0.05, 0.1) is 23.6 Å². The number of rotatable bonds is 9. The normalized spacial score (nSPS) is 15.4. The van der Waals surface area contributed by atoms with Crippen LogP contribution in [0.25, 0.3) is 16.8 Å². The monoisotopic (exact) mass is 500 g/mol. The van der Waals surface area contributed by atoms with Crippen molar-refractivity contribution in [2.24, 2.45) is 0 Å². The third kappa shape index (κ3) is 6.06. The van der Waals surface area contributed by atoms with Gasteiger partial charge in [-0.2, -0.15) is 13.2 Å². The van der Waals surface area contributed by atoms with Crippen molar-refractivity contribution < 1.29 is 27.4 Å². The number of nitrogens with zero attached hydrogens (tertiary/aromatic N) is 2. The van der Waals surface area contributed by atoms with E-state index in [0.29, 0.717) is 30.4 Å². The zero-order chi connectivity index (χ0) is 25.7. The smallest absolute Gasteiger partial charge is 0.417 e. The van der Waals surface area contributed by atoms with Crippen molar-refractivity contribution in [2.45, 2.75) is 32.7 Å². The second-order valence-electron chi connectivity index (χ2n) is 8.30. The van der Waals surface area contributed by atoms with E-state index in [1.807, 2.05) is 25.3 Å². The lowest BCUT2D eigenvalue weighted by Gasteiger charge is -2.14. The topological polar surface area (TPSA) is 81.3 Å². The summed E-state index contributed by atoms with van der Waals surface area (Å²) in [6, 6.07) is 7.88. The molecule has 0 saturated carbocycles. The van der Waals surface area contributed by atoms with Gasteiger partial charge in [0.25, 0.3) is 0 Å². The number of benzene rings is 1. The molecule has 1 aromatic carbocycles. The molecule has 0 amide bonds. The predicted octanol–water partition coefficient (Wildman–Crippen LogP) is 5.29. The zero-order valence-corrected chi connectivity index (χ0v) is 20.1. The van der Waals surface area contributed by atoms with E-state index in [2.05, 4.69) is 28.3 Å². The van der Waals surface area contributed by atoms with Gasteiger partial charge in [-0.1, -0.05) is 12.2 Å². The molecule has 3 heterocycles. The summed E-state index contributed by atoms with van der Waals surface area (Å²) in [4.78, 5) is 12.0. The molecule has 7 nitrogen and oxygen atoms in total. The van der Waals surface area contributed by atoms with Gasteiger partial charge in [-0.3, -0.25) is 4.98 Å². The molecule has 1 unspecified atom stereocenters. The van der Waals surface area contributed by atoms with Crippen molar-refractivity contribution in [2.75, 3.05) is 20.3 Å². The number of aromatic amines is 1. The first-order valence-corrected chi connectivity index (χ1v) is 11.4. The van der Waals surface area contributed by atoms with E-state index >= 15 is 0 Å². The highest BCUT2D eigenvalue weighted by atomic mass is 19.4. The van der Waals surface area contributed by atoms with Crippen LogP contribution in [-0.2, 0) is 17.5 Å². The van der Waals surface area contributed by atoms with E-state index in [1.54, 1.807) is 19.2 Å². The number of methoxy groups -OCH3 is 1. The summed E-state index contributed by atoms with van der Waals surface area (Å²) in [6.45, 7) is 4.72. The molecule has 1 aliphatic rings. The van der Waals surface area contributed by atoms with Gasteiger partial charge < -0.3 is 24.5 Å². The minimum Gasteiger partial charge on any atom is -0.490 e. The van der Waals surface area contributed by atoms with Crippen LogP contribution in [0.2, 0.25) is 0 Å². The number of halogens is 3. The number of hydrogen-bond acceptors (Lipinski definition) is 6. The zero-order valence-electron chi connectivity index (χ0n) is 20.1. The maximum absolute atomic E-state index is 12.8. The Kier molecular flexibility index (Phi) is 7.64. The Morgan fingerprint density at radius 3 is 2.58 bits per heavy atom. The Labute approximate surface area is 207 Å². The maximum atomic E-state index is 12.8. The van der Waals surface area contributed by atoms with Crippen LogP contribution in [0.1, 0.15) is 29.7 Å². The number of hydrogen-bond donors (Lipinski definition) is 2. The van der Waals surface area contributed by atoms with Crippen LogP contribution in [-0.4, -0.2) is 41.3 Å². The SMILES string of the molecule is COCCOc1cc(OCc2ccc(C(F)(F)F)cn2)ccc1-c1nc(C2=CNC(C)C=C2)[nH]c1C. The quantitative estimate of drug-likeness (QED) is 0.389. The Morgan fingerprint density at radius 2 is 1.92 bits per heavy atom. The number of allylic oxidation sites excluding steroid dienone is 2. The van der Waals surface area contributed by atoms with Crippen LogP contribution < -0.4 is 14.8 Å². The highest BCUT2D eigenvalue weighted by Gasteiger charge is 2.30. The van der Waals surface area contributed by atoms with Gasteiger partial charge in [0.2, 0.25) is 0 Å². The molecule has 10 heteroatoms. The molecule has 1 aliphatic heterocycles. The van der Waals surface area contributed by atoms with Crippen LogP contribution in [0, 0.1) is 6.92 Å². The van der Waals surface area contributed by atoms with Gasteiger partial charge >= 0.3 is 6.18 Å². The first-order valence-electron chi connectivity index (χ1n) is 11.4. The number of alkyl halides is 3. The van der Waals surface area contributed by atoms with Gasteiger partial charge in [-0.25, -0.2) is 4.98 Å². The Hall–Kier alpha value is -3.79. The van der Waals surface area contributed by atoms with Gasteiger partial charge in [0.1, 0.15) is 30.5 Å². The molecule has 4 rings (SSSR count). The molecule has 0 saturated heterocycles. The fourth-order valence-corrected chi connectivity index (χ4v) is 3.56. The van der Waals surface area contributed by atoms with Gasteiger partial charge in [-0.15, -0.1) is 0 Å². The number of ether oxygens (including phenoxy) is 3. The first kappa shape index (κ1) is 25.3. The van der Waals surface area contributed by atoms with Gasteiger partial charge in [-0.05, 0) is 38.1 Å². The number of imidazole rings is 1. The molecule has 36 heavy (non-hydrogen) atoms. The Balaban J connectivity index is 1.55. The Morgan fingerprint density at radius 1 is 1.08 bits per heavy atom. The molecular weight excluding hydrogens is 473 g/mol. The van der Waals surface area contributed by atoms with E-state index in [4.69, 9.17) is 19.2 Å². The highest BCUT2D eigenvalue weighted by Crippen LogP contribution is 2.35. The van der Waals surface area contributed by atoms with E-state index in [9.17, 15) is 13.2 Å². The van der Waals surface area contributed by atoms with E-state index in [-0.39, 0.29) is 12.6 Å². The summed E-state index contributed by atoms with van der Waals surface area (Å²) in [7, 11) is 1.59. The van der Waals surface area contributed by atoms with Crippen molar-refractivity contribution in [3.63, 3.8) is 0 Å². The highest BCUT2D eigenvalue weighted by molar-refractivity contribution is 5.76. The van der Waals surface area contributed by atoms with Crippen LogP contribution in [0.5, 0.6) is 11.5 Å². The minimum absolute atomic E-state index is 0.00644. The Bertz CT molecular complexity index is 1250. The van der Waals surface area contributed by atoms with Crippen molar-refractivity contribution in [3.8, 4) is 22.8 Å². The molecule has 0 spiro atoms. The molecule has 0 bridgehead atoms. The average Bonchev–Trinajstić information content (AvgIpc) is 3.24. The molecular formula is C26H27F3N4O3. The molecule has 0 radical (unpaired) electrons. The van der Waals surface area contributed by atoms with Crippen molar-refractivity contribution in [1.29, 1.82) is 0 Å². The number of dihydropyridines is 1. The molecule has 0 fully saturated rings. The molecule has 2 aromatic heterocycles. The molecule has 190 valence electrons. The standard InChI is InChI=1S/C26H27F3N4O3/c1-16-4-5-18(13-30-16)25-32-17(2)24(33-25)22-9-8-21(12-23(22)35-11-10-34-3)36-15-20-7-6-19(14-31-20)26(27,28)29/h4-9,12-14,16,30H,10-11,15H2,1-3H3,(H,32,33). The second kappa shape index (κ2) is 10.9. The van der Waals surface area contributed by atoms with Crippen molar-refractivity contribution in [1.82, 2.24) is 20.3 Å². The lowest BCUT2D eigenvalue weighted by atomic mass is 10.1. The summed E-state index contributed by atoms with van der Waals surface area (Å²) in [5.74, 6) is 1.76. The summed E-state index contributed by atoms with van der Waals surface area (Å²) < 4.78 is 55.1. The van der Waals surface area contributed by atoms with Crippen LogP contribution in [0.3, 0.4) is 0 Å². The van der Waals surface area contributed by atoms with Gasteiger partial charge in [0, 0.05) is 48.4 Å². The fourth-order valence-electron chi connectivity index (χ4n) is 3.56. The van der Waals surface area contributed by atoms with Crippen LogP contribution in [0.4, 0.5) is 13.2 Å². The van der Waals surface area contributed by atoms with Gasteiger partial charge in [0.15, 0.2) is 0 Å². The number of aromatic nitrogens is 3. The third-order valence-corrected chi connectivity index (χ3v) is 5.52. The predicted molar refractivity (Wildman–Crippen MR) is 129 cm³/mol. The summed E-state index contributed by atoms with van der Waals surface area (Å²) in [5, 5.41) is 3.27. The number of H-pyrrole nitrogens is 1. The lowest BCUT2D eigenvalue weighted by Crippen LogP contribution is -2.20. The van der Waals surface area contributed by atoms with E-state index in [0.717, 1.165) is 40.6 Å². The lowest BCUT2D eigenvalue weighted by molar-refractivity contribution is -0.137. The van der Waals surface area contributed by atoms with Crippen LogP contribution in [0.15, 0.2) is 54.9 Å².